The largest absolute Gasteiger partial charge is 0.480 e. The second kappa shape index (κ2) is 7.59. The molecule has 3 aromatic carbocycles. The Morgan fingerprint density at radius 1 is 0.885 bits per heavy atom. The molecule has 0 amide bonds. The van der Waals surface area contributed by atoms with Crippen LogP contribution in [0.3, 0.4) is 0 Å². The summed E-state index contributed by atoms with van der Waals surface area (Å²) in [7, 11) is 0. The fourth-order valence-electron chi connectivity index (χ4n) is 3.02. The van der Waals surface area contributed by atoms with Gasteiger partial charge in [0.25, 0.3) is 0 Å². The Morgan fingerprint density at radius 3 is 2.15 bits per heavy atom. The average molecular weight is 363 g/mol. The van der Waals surface area contributed by atoms with Crippen LogP contribution < -0.4 is 0 Å². The molecule has 0 aliphatic rings. The molecule has 0 fully saturated rings. The first kappa shape index (κ1) is 18.0. The predicted molar refractivity (Wildman–Crippen MR) is 107 cm³/mol. The molecule has 3 heteroatoms. The minimum atomic E-state index is -1.14. The van der Waals surface area contributed by atoms with Crippen molar-refractivity contribution in [2.45, 2.75) is 12.3 Å². The molecule has 0 aromatic heterocycles. The van der Waals surface area contributed by atoms with Crippen LogP contribution in [-0.4, -0.2) is 11.1 Å². The van der Waals surface area contributed by atoms with Crippen molar-refractivity contribution in [1.82, 2.24) is 0 Å². The molecule has 0 spiro atoms. The molecule has 0 aliphatic carbocycles. The summed E-state index contributed by atoms with van der Waals surface area (Å²) in [4.78, 5) is 12.2. The second-order valence-corrected chi connectivity index (χ2v) is 6.70. The molecule has 0 radical (unpaired) electrons. The minimum Gasteiger partial charge on any atom is -0.480 e. The molecule has 0 bridgehead atoms. The quantitative estimate of drug-likeness (QED) is 0.573. The molecule has 3 rings (SSSR count). The highest BCUT2D eigenvalue weighted by Crippen LogP contribution is 2.35. The van der Waals surface area contributed by atoms with Gasteiger partial charge in [0, 0.05) is 5.02 Å². The Balaban J connectivity index is 2.07. The molecular weight excluding hydrogens is 344 g/mol. The van der Waals surface area contributed by atoms with Crippen LogP contribution in [0, 0.1) is 0 Å². The number of carbonyl (C=O) groups is 1. The Hall–Kier alpha value is -2.84. The summed E-state index contributed by atoms with van der Waals surface area (Å²) in [6, 6.07) is 24.4. The van der Waals surface area contributed by atoms with Gasteiger partial charge in [-0.1, -0.05) is 90.5 Å². The Labute approximate surface area is 158 Å². The molecule has 0 aliphatic heterocycles. The number of carboxylic acid groups (broad SMARTS) is 1. The van der Waals surface area contributed by atoms with Crippen molar-refractivity contribution in [2.24, 2.45) is 0 Å². The zero-order chi connectivity index (χ0) is 18.6. The normalized spacial score (nSPS) is 13.5. The number of hydrogen-bond donors (Lipinski definition) is 1. The number of aliphatic carboxylic acids is 1. The van der Waals surface area contributed by atoms with Gasteiger partial charge in [0.15, 0.2) is 0 Å². The van der Waals surface area contributed by atoms with Crippen molar-refractivity contribution in [3.05, 3.63) is 106 Å². The first-order chi connectivity index (χ1) is 12.5. The number of carboxylic acids is 1. The molecule has 2 nitrogen and oxygen atoms in total. The Bertz CT molecular complexity index is 930. The van der Waals surface area contributed by atoms with E-state index in [1.54, 1.807) is 6.92 Å². The fraction of sp³-hybridized carbons (Fsp3) is 0.0870. The fourth-order valence-corrected chi connectivity index (χ4v) is 3.15. The molecule has 1 atom stereocenters. The highest BCUT2D eigenvalue weighted by atomic mass is 35.5. The van der Waals surface area contributed by atoms with Crippen molar-refractivity contribution >= 4 is 29.7 Å². The molecule has 0 saturated carbocycles. The second-order valence-electron chi connectivity index (χ2n) is 6.27. The lowest BCUT2D eigenvalue weighted by Crippen LogP contribution is -2.34. The van der Waals surface area contributed by atoms with Crippen LogP contribution in [0.15, 0.2) is 78.9 Å². The van der Waals surface area contributed by atoms with E-state index in [4.69, 9.17) is 11.6 Å². The maximum Gasteiger partial charge on any atom is 0.318 e. The third-order valence-electron chi connectivity index (χ3n) is 4.60. The Morgan fingerprint density at radius 2 is 1.50 bits per heavy atom. The topological polar surface area (TPSA) is 37.3 Å². The molecular formula is C23H19ClO2. The van der Waals surface area contributed by atoms with Crippen LogP contribution in [-0.2, 0) is 10.2 Å². The van der Waals surface area contributed by atoms with E-state index < -0.39 is 11.4 Å². The summed E-state index contributed by atoms with van der Waals surface area (Å²) in [6.07, 6.45) is 3.91. The number of benzene rings is 3. The van der Waals surface area contributed by atoms with Gasteiger partial charge < -0.3 is 5.11 Å². The number of halogens is 1. The minimum absolute atomic E-state index is 0.685. The van der Waals surface area contributed by atoms with Crippen molar-refractivity contribution < 1.29 is 9.90 Å². The van der Waals surface area contributed by atoms with Crippen molar-refractivity contribution in [3.63, 3.8) is 0 Å². The maximum absolute atomic E-state index is 12.2. The third kappa shape index (κ3) is 3.56. The van der Waals surface area contributed by atoms with Crippen molar-refractivity contribution in [1.29, 1.82) is 0 Å². The first-order valence-corrected chi connectivity index (χ1v) is 8.71. The van der Waals surface area contributed by atoms with Crippen LogP contribution >= 0.6 is 11.6 Å². The summed E-state index contributed by atoms with van der Waals surface area (Å²) >= 11 is 5.93. The summed E-state index contributed by atoms with van der Waals surface area (Å²) < 4.78 is 0. The SMILES string of the molecule is CC(C(=O)O)(c1ccccc1)c1ccccc1/C=C/c1ccc(Cl)cc1. The zero-order valence-corrected chi connectivity index (χ0v) is 15.1. The van der Waals surface area contributed by atoms with E-state index in [-0.39, 0.29) is 0 Å². The van der Waals surface area contributed by atoms with Gasteiger partial charge in [0.05, 0.1) is 0 Å². The van der Waals surface area contributed by atoms with E-state index in [0.717, 1.165) is 22.3 Å². The van der Waals surface area contributed by atoms with Gasteiger partial charge in [-0.3, -0.25) is 4.79 Å². The van der Waals surface area contributed by atoms with Crippen molar-refractivity contribution in [3.8, 4) is 0 Å². The molecule has 130 valence electrons. The highest BCUT2D eigenvalue weighted by molar-refractivity contribution is 6.30. The highest BCUT2D eigenvalue weighted by Gasteiger charge is 2.38. The molecule has 26 heavy (non-hydrogen) atoms. The monoisotopic (exact) mass is 362 g/mol. The van der Waals surface area contributed by atoms with Crippen LogP contribution in [0.4, 0.5) is 0 Å². The standard InChI is InChI=1S/C23H19ClO2/c1-23(22(25)26,19-8-3-2-4-9-19)21-10-6-5-7-18(21)14-11-17-12-15-20(24)16-13-17/h2-16H,1H3,(H,25,26)/b14-11+. The van der Waals surface area contributed by atoms with E-state index in [2.05, 4.69) is 0 Å². The lowest BCUT2D eigenvalue weighted by Gasteiger charge is -2.27. The molecule has 3 aromatic rings. The Kier molecular flexibility index (Phi) is 5.24. The van der Waals surface area contributed by atoms with Gasteiger partial charge in [0.1, 0.15) is 5.41 Å². The summed E-state index contributed by atoms with van der Waals surface area (Å²) in [6.45, 7) is 1.75. The lowest BCUT2D eigenvalue weighted by molar-refractivity contribution is -0.141. The average Bonchev–Trinajstić information content (AvgIpc) is 2.67. The third-order valence-corrected chi connectivity index (χ3v) is 4.86. The van der Waals surface area contributed by atoms with Gasteiger partial charge in [-0.15, -0.1) is 0 Å². The molecule has 1 unspecified atom stereocenters. The van der Waals surface area contributed by atoms with Crippen molar-refractivity contribution in [2.75, 3.05) is 0 Å². The number of rotatable bonds is 5. The van der Waals surface area contributed by atoms with E-state index >= 15 is 0 Å². The van der Waals surface area contributed by atoms with Gasteiger partial charge in [-0.25, -0.2) is 0 Å². The molecule has 1 N–H and O–H groups in total. The summed E-state index contributed by atoms with van der Waals surface area (Å²) in [5, 5.41) is 10.7. The van der Waals surface area contributed by atoms with Gasteiger partial charge in [-0.05, 0) is 41.3 Å². The van der Waals surface area contributed by atoms with Gasteiger partial charge >= 0.3 is 5.97 Å². The molecule has 0 heterocycles. The zero-order valence-electron chi connectivity index (χ0n) is 14.4. The maximum atomic E-state index is 12.2. The lowest BCUT2D eigenvalue weighted by atomic mass is 9.74. The van der Waals surface area contributed by atoms with Crippen LogP contribution in [0.5, 0.6) is 0 Å². The first-order valence-electron chi connectivity index (χ1n) is 8.34. The van der Waals surface area contributed by atoms with Gasteiger partial charge in [0.2, 0.25) is 0 Å². The van der Waals surface area contributed by atoms with Gasteiger partial charge in [-0.2, -0.15) is 0 Å². The van der Waals surface area contributed by atoms with Crippen LogP contribution in [0.2, 0.25) is 5.02 Å². The van der Waals surface area contributed by atoms with E-state index in [0.29, 0.717) is 5.02 Å². The molecule has 0 saturated heterocycles. The van der Waals surface area contributed by atoms with E-state index in [1.807, 2.05) is 91.0 Å². The predicted octanol–water partition coefficient (Wildman–Crippen LogP) is 5.90. The van der Waals surface area contributed by atoms with E-state index in [1.165, 1.54) is 0 Å². The summed E-state index contributed by atoms with van der Waals surface area (Å²) in [5.74, 6) is -0.879. The van der Waals surface area contributed by atoms with E-state index in [9.17, 15) is 9.90 Å². The smallest absolute Gasteiger partial charge is 0.318 e. The van der Waals surface area contributed by atoms with Crippen LogP contribution in [0.25, 0.3) is 12.2 Å². The summed E-state index contributed by atoms with van der Waals surface area (Å²) in [5.41, 5.74) is 2.24. The van der Waals surface area contributed by atoms with Crippen LogP contribution in [0.1, 0.15) is 29.2 Å². The number of hydrogen-bond acceptors (Lipinski definition) is 1.